The lowest BCUT2D eigenvalue weighted by Crippen LogP contribution is -2.28. The molecule has 4 N–H and O–H groups in total. The molecule has 0 saturated heterocycles. The number of carbonyl (C=O) groups is 2. The number of aromatic amines is 1. The number of aromatic nitrogens is 4. The van der Waals surface area contributed by atoms with Gasteiger partial charge in [-0.1, -0.05) is 5.21 Å². The van der Waals surface area contributed by atoms with Crippen LogP contribution in [0.25, 0.3) is 0 Å². The SMILES string of the molecule is O=C(NCCn1cc(C(=O)O)nn1)c1cc(O)[nH]c(=O)c1. The van der Waals surface area contributed by atoms with E-state index in [2.05, 4.69) is 20.6 Å². The molecule has 110 valence electrons. The standard InChI is InChI=1S/C11H11N5O5/c17-8-3-6(4-9(18)13-8)10(19)12-1-2-16-5-7(11(20)21)14-15-16/h3-5H,1-2H2,(H,12,19)(H,20,21)(H2,13,17,18). The average molecular weight is 293 g/mol. The molecule has 10 heteroatoms. The number of rotatable bonds is 5. The summed E-state index contributed by atoms with van der Waals surface area (Å²) in [4.78, 5) is 35.5. The molecule has 0 aliphatic rings. The van der Waals surface area contributed by atoms with Gasteiger partial charge in [0.2, 0.25) is 0 Å². The number of pyridine rings is 1. The van der Waals surface area contributed by atoms with Gasteiger partial charge in [-0.25, -0.2) is 9.48 Å². The van der Waals surface area contributed by atoms with Crippen LogP contribution < -0.4 is 10.9 Å². The number of carboxylic acid groups (broad SMARTS) is 1. The second-order valence-corrected chi connectivity index (χ2v) is 4.05. The van der Waals surface area contributed by atoms with Crippen molar-refractivity contribution in [3.63, 3.8) is 0 Å². The molecule has 0 fully saturated rings. The maximum atomic E-state index is 11.7. The normalized spacial score (nSPS) is 10.3. The number of hydrogen-bond acceptors (Lipinski definition) is 6. The molecule has 0 bridgehead atoms. The van der Waals surface area contributed by atoms with Gasteiger partial charge in [-0.15, -0.1) is 5.10 Å². The molecule has 0 aromatic carbocycles. The lowest BCUT2D eigenvalue weighted by atomic mass is 10.2. The van der Waals surface area contributed by atoms with Gasteiger partial charge in [-0.05, 0) is 0 Å². The van der Waals surface area contributed by atoms with Crippen LogP contribution in [0.5, 0.6) is 5.88 Å². The molecule has 0 spiro atoms. The van der Waals surface area contributed by atoms with Crippen LogP contribution in [-0.2, 0) is 6.54 Å². The van der Waals surface area contributed by atoms with E-state index in [4.69, 9.17) is 5.11 Å². The number of nitrogens with one attached hydrogen (secondary N) is 2. The van der Waals surface area contributed by atoms with E-state index in [-0.39, 0.29) is 24.3 Å². The minimum atomic E-state index is -1.19. The summed E-state index contributed by atoms with van der Waals surface area (Å²) in [6.45, 7) is 0.357. The minimum Gasteiger partial charge on any atom is -0.494 e. The van der Waals surface area contributed by atoms with Crippen molar-refractivity contribution in [2.24, 2.45) is 0 Å². The van der Waals surface area contributed by atoms with Crippen LogP contribution in [0.2, 0.25) is 0 Å². The second-order valence-electron chi connectivity index (χ2n) is 4.05. The van der Waals surface area contributed by atoms with Crippen LogP contribution in [0.3, 0.4) is 0 Å². The molecule has 2 aromatic heterocycles. The number of hydrogen-bond donors (Lipinski definition) is 4. The third-order valence-corrected chi connectivity index (χ3v) is 2.48. The first kappa shape index (κ1) is 14.2. The van der Waals surface area contributed by atoms with Crippen molar-refractivity contribution in [1.29, 1.82) is 0 Å². The van der Waals surface area contributed by atoms with Crippen molar-refractivity contribution in [1.82, 2.24) is 25.3 Å². The zero-order valence-corrected chi connectivity index (χ0v) is 10.6. The van der Waals surface area contributed by atoms with Gasteiger partial charge in [0.25, 0.3) is 11.5 Å². The molecule has 2 aromatic rings. The second kappa shape index (κ2) is 5.86. The summed E-state index contributed by atoms with van der Waals surface area (Å²) in [5.74, 6) is -2.14. The molecule has 0 unspecified atom stereocenters. The van der Waals surface area contributed by atoms with E-state index in [0.29, 0.717) is 0 Å². The van der Waals surface area contributed by atoms with Crippen molar-refractivity contribution >= 4 is 11.9 Å². The third kappa shape index (κ3) is 3.65. The van der Waals surface area contributed by atoms with E-state index in [0.717, 1.165) is 12.1 Å². The summed E-state index contributed by atoms with van der Waals surface area (Å²) in [6.07, 6.45) is 1.23. The van der Waals surface area contributed by atoms with Gasteiger partial charge < -0.3 is 15.5 Å². The smallest absolute Gasteiger partial charge is 0.358 e. The summed E-state index contributed by atoms with van der Waals surface area (Å²) in [5.41, 5.74) is -0.774. The Bertz CT molecular complexity index is 735. The fraction of sp³-hybridized carbons (Fsp3) is 0.182. The average Bonchev–Trinajstić information content (AvgIpc) is 2.86. The number of nitrogens with zero attached hydrogens (tertiary/aromatic N) is 3. The minimum absolute atomic E-state index is 0.0149. The lowest BCUT2D eigenvalue weighted by molar-refractivity contribution is 0.0690. The zero-order chi connectivity index (χ0) is 15.4. The fourth-order valence-electron chi connectivity index (χ4n) is 1.55. The summed E-state index contributed by atoms with van der Waals surface area (Å²) < 4.78 is 1.26. The molecular formula is C11H11N5O5. The molecule has 0 aliphatic heterocycles. The predicted molar refractivity (Wildman–Crippen MR) is 68.0 cm³/mol. The number of aromatic carboxylic acids is 1. The molecular weight excluding hydrogens is 282 g/mol. The summed E-state index contributed by atoms with van der Waals surface area (Å²) >= 11 is 0. The van der Waals surface area contributed by atoms with Crippen molar-refractivity contribution in [3.8, 4) is 5.88 Å². The molecule has 1 amide bonds. The van der Waals surface area contributed by atoms with E-state index < -0.39 is 23.3 Å². The molecule has 2 rings (SSSR count). The Labute approximate surface area is 117 Å². The topological polar surface area (TPSA) is 150 Å². The first-order chi connectivity index (χ1) is 9.95. The Morgan fingerprint density at radius 1 is 1.38 bits per heavy atom. The van der Waals surface area contributed by atoms with E-state index in [1.807, 2.05) is 0 Å². The number of carbonyl (C=O) groups excluding carboxylic acids is 1. The van der Waals surface area contributed by atoms with Gasteiger partial charge in [0, 0.05) is 18.7 Å². The Morgan fingerprint density at radius 2 is 2.14 bits per heavy atom. The summed E-state index contributed by atoms with van der Waals surface area (Å²) in [5, 5.41) is 27.4. The highest BCUT2D eigenvalue weighted by Crippen LogP contribution is 2.03. The fourth-order valence-corrected chi connectivity index (χ4v) is 1.55. The zero-order valence-electron chi connectivity index (χ0n) is 10.6. The van der Waals surface area contributed by atoms with Gasteiger partial charge in [-0.2, -0.15) is 0 Å². The van der Waals surface area contributed by atoms with Crippen molar-refractivity contribution in [3.05, 3.63) is 39.9 Å². The van der Waals surface area contributed by atoms with Crippen molar-refractivity contribution in [2.45, 2.75) is 6.54 Å². The Morgan fingerprint density at radius 3 is 2.76 bits per heavy atom. The molecule has 2 heterocycles. The van der Waals surface area contributed by atoms with Crippen LogP contribution in [0.4, 0.5) is 0 Å². The highest BCUT2D eigenvalue weighted by atomic mass is 16.4. The number of carboxylic acids is 1. The van der Waals surface area contributed by atoms with Crippen molar-refractivity contribution < 1.29 is 19.8 Å². The Balaban J connectivity index is 1.91. The van der Waals surface area contributed by atoms with Crippen LogP contribution in [0.1, 0.15) is 20.8 Å². The Kier molecular flexibility index (Phi) is 3.97. The van der Waals surface area contributed by atoms with Gasteiger partial charge in [0.05, 0.1) is 18.3 Å². The van der Waals surface area contributed by atoms with E-state index in [1.165, 1.54) is 10.9 Å². The first-order valence-electron chi connectivity index (χ1n) is 5.80. The maximum absolute atomic E-state index is 11.7. The maximum Gasteiger partial charge on any atom is 0.358 e. The molecule has 21 heavy (non-hydrogen) atoms. The molecule has 0 aliphatic carbocycles. The monoisotopic (exact) mass is 293 g/mol. The van der Waals surface area contributed by atoms with Gasteiger partial charge in [0.1, 0.15) is 0 Å². The third-order valence-electron chi connectivity index (χ3n) is 2.48. The van der Waals surface area contributed by atoms with Crippen molar-refractivity contribution in [2.75, 3.05) is 6.54 Å². The van der Waals surface area contributed by atoms with Crippen LogP contribution in [-0.4, -0.2) is 48.6 Å². The van der Waals surface area contributed by atoms with E-state index in [9.17, 15) is 19.5 Å². The quantitative estimate of drug-likeness (QED) is 0.540. The van der Waals surface area contributed by atoms with E-state index >= 15 is 0 Å². The number of H-pyrrole nitrogens is 1. The first-order valence-corrected chi connectivity index (χ1v) is 5.80. The number of aromatic hydroxyl groups is 1. The summed E-state index contributed by atoms with van der Waals surface area (Å²) in [7, 11) is 0. The highest BCUT2D eigenvalue weighted by molar-refractivity contribution is 5.94. The predicted octanol–water partition coefficient (Wildman–Crippen LogP) is -1.20. The molecule has 10 nitrogen and oxygen atoms in total. The van der Waals surface area contributed by atoms with Gasteiger partial charge >= 0.3 is 5.97 Å². The highest BCUT2D eigenvalue weighted by Gasteiger charge is 2.10. The van der Waals surface area contributed by atoms with Crippen LogP contribution >= 0.6 is 0 Å². The van der Waals surface area contributed by atoms with Crippen LogP contribution in [0, 0.1) is 0 Å². The largest absolute Gasteiger partial charge is 0.494 e. The van der Waals surface area contributed by atoms with Crippen LogP contribution in [0.15, 0.2) is 23.1 Å². The van der Waals surface area contributed by atoms with E-state index in [1.54, 1.807) is 0 Å². The van der Waals surface area contributed by atoms with Gasteiger partial charge in [-0.3, -0.25) is 14.6 Å². The lowest BCUT2D eigenvalue weighted by Gasteiger charge is -2.05. The molecule has 0 atom stereocenters. The molecule has 0 radical (unpaired) electrons. The summed E-state index contributed by atoms with van der Waals surface area (Å²) in [6, 6.07) is 2.17. The molecule has 0 saturated carbocycles. The van der Waals surface area contributed by atoms with Gasteiger partial charge in [0.15, 0.2) is 11.6 Å². The number of amides is 1. The Hall–Kier alpha value is -3.17.